The van der Waals surface area contributed by atoms with Crippen molar-refractivity contribution in [2.75, 3.05) is 13.7 Å². The number of carbonyl (C=O) groups excluding carboxylic acids is 1. The van der Waals surface area contributed by atoms with Crippen LogP contribution in [0.5, 0.6) is 5.75 Å². The first-order valence-corrected chi connectivity index (χ1v) is 7.84. The molecule has 0 saturated heterocycles. The average molecular weight is 312 g/mol. The Labute approximate surface area is 138 Å². The SMILES string of the molecule is C=CCN(Cc1cccc(OC)c1)C(=O)[C@@H](CC)n1cccc1. The van der Waals surface area contributed by atoms with E-state index in [1.54, 1.807) is 13.2 Å². The fourth-order valence-corrected chi connectivity index (χ4v) is 2.66. The van der Waals surface area contributed by atoms with Gasteiger partial charge in [0.25, 0.3) is 0 Å². The summed E-state index contributed by atoms with van der Waals surface area (Å²) in [5, 5.41) is 0. The van der Waals surface area contributed by atoms with Crippen molar-refractivity contribution >= 4 is 5.91 Å². The summed E-state index contributed by atoms with van der Waals surface area (Å²) < 4.78 is 7.22. The number of aromatic nitrogens is 1. The zero-order valence-electron chi connectivity index (χ0n) is 13.8. The van der Waals surface area contributed by atoms with Crippen LogP contribution >= 0.6 is 0 Å². The molecule has 0 aliphatic carbocycles. The summed E-state index contributed by atoms with van der Waals surface area (Å²) in [6.45, 7) is 6.87. The van der Waals surface area contributed by atoms with Crippen molar-refractivity contribution in [3.05, 3.63) is 67.0 Å². The van der Waals surface area contributed by atoms with Gasteiger partial charge >= 0.3 is 0 Å². The highest BCUT2D eigenvalue weighted by Gasteiger charge is 2.23. The Morgan fingerprint density at radius 1 is 1.35 bits per heavy atom. The smallest absolute Gasteiger partial charge is 0.246 e. The summed E-state index contributed by atoms with van der Waals surface area (Å²) in [5.41, 5.74) is 1.04. The maximum absolute atomic E-state index is 12.9. The second-order valence-electron chi connectivity index (χ2n) is 5.41. The van der Waals surface area contributed by atoms with Crippen LogP contribution in [0.4, 0.5) is 0 Å². The van der Waals surface area contributed by atoms with E-state index in [4.69, 9.17) is 4.74 Å². The molecule has 4 nitrogen and oxygen atoms in total. The predicted octanol–water partition coefficient (Wildman–Crippen LogP) is 3.66. The lowest BCUT2D eigenvalue weighted by molar-refractivity contribution is -0.135. The molecular weight excluding hydrogens is 288 g/mol. The van der Waals surface area contributed by atoms with Crippen LogP contribution in [0.25, 0.3) is 0 Å². The Morgan fingerprint density at radius 2 is 2.09 bits per heavy atom. The largest absolute Gasteiger partial charge is 0.497 e. The maximum Gasteiger partial charge on any atom is 0.246 e. The summed E-state index contributed by atoms with van der Waals surface area (Å²) in [6.07, 6.45) is 6.38. The highest BCUT2D eigenvalue weighted by molar-refractivity contribution is 5.80. The van der Waals surface area contributed by atoms with E-state index in [-0.39, 0.29) is 11.9 Å². The summed E-state index contributed by atoms with van der Waals surface area (Å²) in [4.78, 5) is 14.8. The van der Waals surface area contributed by atoms with E-state index in [1.165, 1.54) is 0 Å². The van der Waals surface area contributed by atoms with Gasteiger partial charge in [-0.2, -0.15) is 0 Å². The topological polar surface area (TPSA) is 34.5 Å². The molecule has 2 rings (SSSR count). The van der Waals surface area contributed by atoms with Crippen LogP contribution in [0.1, 0.15) is 24.9 Å². The zero-order valence-corrected chi connectivity index (χ0v) is 13.8. The number of nitrogens with zero attached hydrogens (tertiary/aromatic N) is 2. The van der Waals surface area contributed by atoms with Crippen LogP contribution in [0, 0.1) is 0 Å². The quantitative estimate of drug-likeness (QED) is 0.697. The molecule has 0 saturated carbocycles. The molecular formula is C19H24N2O2. The standard InChI is InChI=1S/C19H24N2O2/c1-4-11-21(15-16-9-8-10-17(14-16)23-3)19(22)18(5-2)20-12-6-7-13-20/h4,6-10,12-14,18H,1,5,11,15H2,2-3H3/t18-/m1/s1. The molecule has 0 aliphatic rings. The summed E-state index contributed by atoms with van der Waals surface area (Å²) in [5.74, 6) is 0.900. The lowest BCUT2D eigenvalue weighted by atomic mass is 10.1. The van der Waals surface area contributed by atoms with Crippen LogP contribution in [-0.4, -0.2) is 29.0 Å². The van der Waals surface area contributed by atoms with Gasteiger partial charge in [-0.3, -0.25) is 4.79 Å². The third-order valence-corrected chi connectivity index (χ3v) is 3.83. The Balaban J connectivity index is 2.19. The van der Waals surface area contributed by atoms with Crippen LogP contribution < -0.4 is 4.74 Å². The molecule has 23 heavy (non-hydrogen) atoms. The number of hydrogen-bond donors (Lipinski definition) is 0. The van der Waals surface area contributed by atoms with Gasteiger partial charge in [0.15, 0.2) is 0 Å². The van der Waals surface area contributed by atoms with E-state index in [2.05, 4.69) is 6.58 Å². The third kappa shape index (κ3) is 4.25. The van der Waals surface area contributed by atoms with Crippen molar-refractivity contribution < 1.29 is 9.53 Å². The second-order valence-corrected chi connectivity index (χ2v) is 5.41. The Kier molecular flexibility index (Phi) is 6.03. The van der Waals surface area contributed by atoms with E-state index in [0.717, 1.165) is 17.7 Å². The second kappa shape index (κ2) is 8.22. The van der Waals surface area contributed by atoms with E-state index in [9.17, 15) is 4.79 Å². The average Bonchev–Trinajstić information content (AvgIpc) is 3.09. The first-order valence-electron chi connectivity index (χ1n) is 7.84. The van der Waals surface area contributed by atoms with Crippen LogP contribution in [-0.2, 0) is 11.3 Å². The van der Waals surface area contributed by atoms with Crippen molar-refractivity contribution in [3.8, 4) is 5.75 Å². The molecule has 0 bridgehead atoms. The number of carbonyl (C=O) groups is 1. The van der Waals surface area contributed by atoms with Gasteiger partial charge < -0.3 is 14.2 Å². The zero-order chi connectivity index (χ0) is 16.7. The maximum atomic E-state index is 12.9. The molecule has 1 aromatic carbocycles. The highest BCUT2D eigenvalue weighted by atomic mass is 16.5. The monoisotopic (exact) mass is 312 g/mol. The van der Waals surface area contributed by atoms with Gasteiger partial charge in [0.2, 0.25) is 5.91 Å². The molecule has 0 N–H and O–H groups in total. The normalized spacial score (nSPS) is 11.7. The first-order chi connectivity index (χ1) is 11.2. The van der Waals surface area contributed by atoms with Gasteiger partial charge in [-0.05, 0) is 36.2 Å². The van der Waals surface area contributed by atoms with E-state index < -0.39 is 0 Å². The molecule has 0 radical (unpaired) electrons. The molecule has 0 spiro atoms. The summed E-state index contributed by atoms with van der Waals surface area (Å²) in [7, 11) is 1.64. The van der Waals surface area contributed by atoms with Crippen molar-refractivity contribution in [2.45, 2.75) is 25.9 Å². The molecule has 1 heterocycles. The van der Waals surface area contributed by atoms with E-state index in [0.29, 0.717) is 13.1 Å². The molecule has 1 atom stereocenters. The summed E-state index contributed by atoms with van der Waals surface area (Å²) in [6, 6.07) is 11.5. The summed E-state index contributed by atoms with van der Waals surface area (Å²) >= 11 is 0. The molecule has 4 heteroatoms. The van der Waals surface area contributed by atoms with Gasteiger partial charge in [-0.25, -0.2) is 0 Å². The number of ether oxygens (including phenoxy) is 1. The van der Waals surface area contributed by atoms with Crippen molar-refractivity contribution in [3.63, 3.8) is 0 Å². The Bertz CT molecular complexity index is 635. The van der Waals surface area contributed by atoms with Crippen LogP contribution in [0.3, 0.4) is 0 Å². The van der Waals surface area contributed by atoms with E-state index >= 15 is 0 Å². The van der Waals surface area contributed by atoms with Gasteiger partial charge in [0.05, 0.1) is 7.11 Å². The van der Waals surface area contributed by atoms with E-state index in [1.807, 2.05) is 65.2 Å². The molecule has 1 aromatic heterocycles. The highest BCUT2D eigenvalue weighted by Crippen LogP contribution is 2.19. The minimum atomic E-state index is -0.185. The number of hydrogen-bond acceptors (Lipinski definition) is 2. The van der Waals surface area contributed by atoms with Crippen molar-refractivity contribution in [1.82, 2.24) is 9.47 Å². The fourth-order valence-electron chi connectivity index (χ4n) is 2.66. The Morgan fingerprint density at radius 3 is 2.70 bits per heavy atom. The van der Waals surface area contributed by atoms with Crippen molar-refractivity contribution in [1.29, 1.82) is 0 Å². The lowest BCUT2D eigenvalue weighted by Crippen LogP contribution is -2.36. The fraction of sp³-hybridized carbons (Fsp3) is 0.316. The van der Waals surface area contributed by atoms with Crippen LogP contribution in [0.2, 0.25) is 0 Å². The van der Waals surface area contributed by atoms with Gasteiger partial charge in [0.1, 0.15) is 11.8 Å². The molecule has 1 amide bonds. The Hall–Kier alpha value is -2.49. The number of methoxy groups -OCH3 is 1. The lowest BCUT2D eigenvalue weighted by Gasteiger charge is -2.27. The minimum absolute atomic E-state index is 0.103. The molecule has 122 valence electrons. The predicted molar refractivity (Wildman–Crippen MR) is 92.4 cm³/mol. The van der Waals surface area contributed by atoms with Gasteiger partial charge in [0, 0.05) is 25.5 Å². The number of rotatable bonds is 8. The molecule has 0 aliphatic heterocycles. The molecule has 0 unspecified atom stereocenters. The van der Waals surface area contributed by atoms with Gasteiger partial charge in [-0.1, -0.05) is 25.1 Å². The van der Waals surface area contributed by atoms with Gasteiger partial charge in [-0.15, -0.1) is 6.58 Å². The number of amides is 1. The minimum Gasteiger partial charge on any atom is -0.497 e. The van der Waals surface area contributed by atoms with Crippen LogP contribution in [0.15, 0.2) is 61.4 Å². The van der Waals surface area contributed by atoms with Crippen molar-refractivity contribution in [2.24, 2.45) is 0 Å². The molecule has 0 fully saturated rings. The molecule has 2 aromatic rings. The number of benzene rings is 1. The third-order valence-electron chi connectivity index (χ3n) is 3.83. The first kappa shape index (κ1) is 16.9.